The van der Waals surface area contributed by atoms with Gasteiger partial charge in [-0.3, -0.25) is 9.59 Å². The summed E-state index contributed by atoms with van der Waals surface area (Å²) in [5.41, 5.74) is 0.894. The molecular formula is C15H18N2O3S. The van der Waals surface area contributed by atoms with Crippen LogP contribution in [0, 0.1) is 6.92 Å². The third-order valence-electron chi connectivity index (χ3n) is 2.98. The molecule has 5 nitrogen and oxygen atoms in total. The van der Waals surface area contributed by atoms with Crippen LogP contribution >= 0.6 is 11.3 Å². The summed E-state index contributed by atoms with van der Waals surface area (Å²) < 4.78 is 7.09. The quantitative estimate of drug-likeness (QED) is 0.794. The highest BCUT2D eigenvalue weighted by molar-refractivity contribution is 7.07. The molecule has 1 amide bonds. The van der Waals surface area contributed by atoms with Crippen LogP contribution in [0.4, 0.5) is 0 Å². The normalized spacial score (nSPS) is 10.3. The Bertz CT molecular complexity index is 634. The van der Waals surface area contributed by atoms with E-state index in [-0.39, 0.29) is 10.8 Å². The third-order valence-corrected chi connectivity index (χ3v) is 3.86. The second kappa shape index (κ2) is 7.64. The summed E-state index contributed by atoms with van der Waals surface area (Å²) in [6, 6.07) is 9.45. The van der Waals surface area contributed by atoms with Gasteiger partial charge in [0.25, 0.3) is 0 Å². The lowest BCUT2D eigenvalue weighted by molar-refractivity contribution is -0.121. The Hall–Kier alpha value is -2.08. The van der Waals surface area contributed by atoms with Crippen LogP contribution in [0.15, 0.2) is 40.5 Å². The van der Waals surface area contributed by atoms with Gasteiger partial charge in [-0.25, -0.2) is 0 Å². The first-order chi connectivity index (χ1) is 10.2. The van der Waals surface area contributed by atoms with Crippen molar-refractivity contribution in [3.8, 4) is 5.75 Å². The van der Waals surface area contributed by atoms with E-state index in [0.717, 1.165) is 22.8 Å². The molecule has 2 rings (SSSR count). The Kier molecular flexibility index (Phi) is 5.57. The van der Waals surface area contributed by atoms with Crippen LogP contribution in [0.5, 0.6) is 5.75 Å². The van der Waals surface area contributed by atoms with Crippen LogP contribution in [0.1, 0.15) is 12.1 Å². The van der Waals surface area contributed by atoms with Crippen molar-refractivity contribution in [2.24, 2.45) is 0 Å². The predicted octanol–water partition coefficient (Wildman–Crippen LogP) is 1.80. The molecule has 1 aromatic carbocycles. The molecule has 21 heavy (non-hydrogen) atoms. The SMILES string of the molecule is Cc1csc(=O)n1CCC(=O)NCCOc1ccccc1. The van der Waals surface area contributed by atoms with Crippen molar-refractivity contribution in [1.29, 1.82) is 0 Å². The second-order valence-corrected chi connectivity index (χ2v) is 5.38. The van der Waals surface area contributed by atoms with Gasteiger partial charge in [0.15, 0.2) is 0 Å². The average molecular weight is 306 g/mol. The second-order valence-electron chi connectivity index (χ2n) is 4.56. The van der Waals surface area contributed by atoms with Gasteiger partial charge in [-0.05, 0) is 19.1 Å². The number of aromatic nitrogens is 1. The van der Waals surface area contributed by atoms with Gasteiger partial charge in [0.05, 0.1) is 6.54 Å². The number of carbonyl (C=O) groups is 1. The zero-order chi connectivity index (χ0) is 15.1. The van der Waals surface area contributed by atoms with Crippen LogP contribution < -0.4 is 14.9 Å². The smallest absolute Gasteiger partial charge is 0.307 e. The number of nitrogens with zero attached hydrogens (tertiary/aromatic N) is 1. The van der Waals surface area contributed by atoms with E-state index in [0.29, 0.717) is 26.1 Å². The molecule has 0 saturated carbocycles. The largest absolute Gasteiger partial charge is 0.492 e. The van der Waals surface area contributed by atoms with Gasteiger partial charge in [0.2, 0.25) is 5.91 Å². The summed E-state index contributed by atoms with van der Waals surface area (Å²) in [5, 5.41) is 4.58. The number of hydrogen-bond donors (Lipinski definition) is 1. The number of thiazole rings is 1. The Morgan fingerprint density at radius 2 is 2.10 bits per heavy atom. The van der Waals surface area contributed by atoms with Crippen molar-refractivity contribution in [2.75, 3.05) is 13.2 Å². The van der Waals surface area contributed by atoms with E-state index in [9.17, 15) is 9.59 Å². The highest BCUT2D eigenvalue weighted by atomic mass is 32.1. The van der Waals surface area contributed by atoms with Gasteiger partial charge >= 0.3 is 4.87 Å². The van der Waals surface area contributed by atoms with Crippen LogP contribution in [0.25, 0.3) is 0 Å². The molecule has 0 saturated heterocycles. The average Bonchev–Trinajstić information content (AvgIpc) is 2.81. The molecule has 112 valence electrons. The Morgan fingerprint density at radius 1 is 1.33 bits per heavy atom. The molecule has 0 aliphatic heterocycles. The summed E-state index contributed by atoms with van der Waals surface area (Å²) in [7, 11) is 0. The van der Waals surface area contributed by atoms with Crippen LogP contribution in [0.2, 0.25) is 0 Å². The number of para-hydroxylation sites is 1. The molecule has 0 aliphatic rings. The number of benzene rings is 1. The standard InChI is InChI=1S/C15H18N2O3S/c1-12-11-21-15(19)17(12)9-7-14(18)16-8-10-20-13-5-3-2-4-6-13/h2-6,11H,7-10H2,1H3,(H,16,18). The lowest BCUT2D eigenvalue weighted by Gasteiger charge is -2.08. The third kappa shape index (κ3) is 4.75. The van der Waals surface area contributed by atoms with Crippen molar-refractivity contribution < 1.29 is 9.53 Å². The number of ether oxygens (including phenoxy) is 1. The zero-order valence-corrected chi connectivity index (χ0v) is 12.7. The van der Waals surface area contributed by atoms with Gasteiger partial charge < -0.3 is 14.6 Å². The van der Waals surface area contributed by atoms with Crippen LogP contribution in [0.3, 0.4) is 0 Å². The molecule has 6 heteroatoms. The summed E-state index contributed by atoms with van der Waals surface area (Å²) in [5.74, 6) is 0.705. The summed E-state index contributed by atoms with van der Waals surface area (Å²) in [6.07, 6.45) is 0.294. The minimum atomic E-state index is -0.0795. The zero-order valence-electron chi connectivity index (χ0n) is 11.9. The molecule has 0 unspecified atom stereocenters. The van der Waals surface area contributed by atoms with Crippen molar-refractivity contribution in [3.05, 3.63) is 51.1 Å². The van der Waals surface area contributed by atoms with Gasteiger partial charge in [-0.15, -0.1) is 0 Å². The fraction of sp³-hybridized carbons (Fsp3) is 0.333. The van der Waals surface area contributed by atoms with E-state index < -0.39 is 0 Å². The first kappa shape index (κ1) is 15.3. The topological polar surface area (TPSA) is 60.3 Å². The fourth-order valence-electron chi connectivity index (χ4n) is 1.85. The van der Waals surface area contributed by atoms with Crippen molar-refractivity contribution in [1.82, 2.24) is 9.88 Å². The van der Waals surface area contributed by atoms with Gasteiger partial charge in [-0.2, -0.15) is 0 Å². The fourth-order valence-corrected chi connectivity index (χ4v) is 2.61. The monoisotopic (exact) mass is 306 g/mol. The molecule has 0 fully saturated rings. The lowest BCUT2D eigenvalue weighted by Crippen LogP contribution is -2.29. The summed E-state index contributed by atoms with van der Waals surface area (Å²) >= 11 is 1.16. The maximum atomic E-state index is 11.7. The molecular weight excluding hydrogens is 288 g/mol. The van der Waals surface area contributed by atoms with E-state index in [4.69, 9.17) is 4.74 Å². The maximum absolute atomic E-state index is 11.7. The highest BCUT2D eigenvalue weighted by Crippen LogP contribution is 2.07. The molecule has 0 bridgehead atoms. The molecule has 0 radical (unpaired) electrons. The maximum Gasteiger partial charge on any atom is 0.307 e. The predicted molar refractivity (Wildman–Crippen MR) is 82.9 cm³/mol. The number of carbonyl (C=O) groups excluding carboxylic acids is 1. The van der Waals surface area contributed by atoms with Crippen LogP contribution in [-0.2, 0) is 11.3 Å². The van der Waals surface area contributed by atoms with Crippen molar-refractivity contribution in [3.63, 3.8) is 0 Å². The minimum absolute atomic E-state index is 0.0206. The number of hydrogen-bond acceptors (Lipinski definition) is 4. The van der Waals surface area contributed by atoms with E-state index in [1.807, 2.05) is 37.3 Å². The van der Waals surface area contributed by atoms with Gasteiger partial charge in [0.1, 0.15) is 12.4 Å². The van der Waals surface area contributed by atoms with E-state index in [1.165, 1.54) is 0 Å². The molecule has 2 aromatic rings. The van der Waals surface area contributed by atoms with Crippen molar-refractivity contribution >= 4 is 17.2 Å². The summed E-state index contributed by atoms with van der Waals surface area (Å²) in [6.45, 7) is 3.15. The molecule has 0 atom stereocenters. The van der Waals surface area contributed by atoms with Crippen molar-refractivity contribution in [2.45, 2.75) is 19.9 Å². The van der Waals surface area contributed by atoms with Gasteiger partial charge in [0, 0.05) is 24.0 Å². The van der Waals surface area contributed by atoms with Gasteiger partial charge in [-0.1, -0.05) is 29.5 Å². The first-order valence-electron chi connectivity index (χ1n) is 6.76. The van der Waals surface area contributed by atoms with E-state index >= 15 is 0 Å². The number of rotatable bonds is 7. The minimum Gasteiger partial charge on any atom is -0.492 e. The highest BCUT2D eigenvalue weighted by Gasteiger charge is 2.06. The van der Waals surface area contributed by atoms with E-state index in [1.54, 1.807) is 9.95 Å². The number of aryl methyl sites for hydroxylation is 1. The first-order valence-corrected chi connectivity index (χ1v) is 7.64. The lowest BCUT2D eigenvalue weighted by atomic mass is 10.3. The van der Waals surface area contributed by atoms with Crippen LogP contribution in [-0.4, -0.2) is 23.6 Å². The number of amides is 1. The summed E-state index contributed by atoms with van der Waals surface area (Å²) in [4.78, 5) is 23.2. The number of nitrogens with one attached hydrogen (secondary N) is 1. The van der Waals surface area contributed by atoms with E-state index in [2.05, 4.69) is 5.32 Å². The Morgan fingerprint density at radius 3 is 2.76 bits per heavy atom. The molecule has 1 heterocycles. The Labute approximate surface area is 127 Å². The Balaban J connectivity index is 1.65. The molecule has 0 spiro atoms. The molecule has 1 aromatic heterocycles. The molecule has 1 N–H and O–H groups in total. The molecule has 0 aliphatic carbocycles.